The van der Waals surface area contributed by atoms with Crippen molar-refractivity contribution in [1.82, 2.24) is 0 Å². The average Bonchev–Trinajstić information content (AvgIpc) is 2.93. The van der Waals surface area contributed by atoms with Gasteiger partial charge in [-0.05, 0) is 0 Å². The van der Waals surface area contributed by atoms with Crippen molar-refractivity contribution in [3.63, 3.8) is 0 Å². The summed E-state index contributed by atoms with van der Waals surface area (Å²) < 4.78 is 135. The first-order chi connectivity index (χ1) is 20.4. The van der Waals surface area contributed by atoms with Crippen LogP contribution < -0.4 is 0 Å². The molecule has 0 aromatic carbocycles. The van der Waals surface area contributed by atoms with Crippen LogP contribution in [0.25, 0.3) is 0 Å². The van der Waals surface area contributed by atoms with Gasteiger partial charge in [-0.25, -0.2) is 9.59 Å². The second kappa shape index (κ2) is 24.5. The lowest BCUT2D eigenvalue weighted by molar-refractivity contribution is -0.209. The van der Waals surface area contributed by atoms with Crippen molar-refractivity contribution in [3.05, 3.63) is 0 Å². The highest BCUT2D eigenvalue weighted by molar-refractivity contribution is 6.57. The molecule has 0 aliphatic rings. The Balaban J connectivity index is 4.87. The fourth-order valence-corrected chi connectivity index (χ4v) is 2.48. The van der Waals surface area contributed by atoms with E-state index < -0.39 is 57.7 Å². The zero-order valence-corrected chi connectivity index (χ0v) is 23.9. The third-order valence-corrected chi connectivity index (χ3v) is 4.42. The van der Waals surface area contributed by atoms with E-state index in [0.29, 0.717) is 26.4 Å². The van der Waals surface area contributed by atoms with Gasteiger partial charge in [-0.2, -0.15) is 26.3 Å². The molecule has 21 heteroatoms. The minimum absolute atomic E-state index is 0.0500. The van der Waals surface area contributed by atoms with Crippen LogP contribution in [0.3, 0.4) is 0 Å². The zero-order chi connectivity index (χ0) is 32.5. The summed E-state index contributed by atoms with van der Waals surface area (Å²) in [5.74, 6) is -6.07. The lowest BCUT2D eigenvalue weighted by Crippen LogP contribution is -2.56. The van der Waals surface area contributed by atoms with E-state index in [2.05, 4.69) is 9.31 Å². The zero-order valence-electron chi connectivity index (χ0n) is 23.9. The van der Waals surface area contributed by atoms with Crippen molar-refractivity contribution in [2.24, 2.45) is 0 Å². The first-order valence-electron chi connectivity index (χ1n) is 12.8. The van der Waals surface area contributed by atoms with Crippen molar-refractivity contribution in [2.45, 2.75) is 12.4 Å². The molecule has 0 aliphatic carbocycles. The van der Waals surface area contributed by atoms with Crippen molar-refractivity contribution in [3.8, 4) is 0 Å². The van der Waals surface area contributed by atoms with E-state index in [0.717, 1.165) is 0 Å². The van der Waals surface area contributed by atoms with Gasteiger partial charge in [-0.1, -0.05) is 0 Å². The highest BCUT2D eigenvalue weighted by Gasteiger charge is 2.52. The highest BCUT2D eigenvalue weighted by atomic mass is 19.4. The second-order valence-corrected chi connectivity index (χ2v) is 7.78. The smallest absolute Gasteiger partial charge is 0.601 e. The predicted molar refractivity (Wildman–Crippen MR) is 131 cm³/mol. The molecule has 0 saturated heterocycles. The van der Waals surface area contributed by atoms with E-state index in [-0.39, 0.29) is 52.9 Å². The molecule has 43 heavy (non-hydrogen) atoms. The Labute approximate surface area is 244 Å². The number of hydrogen-bond donors (Lipinski definition) is 0. The number of alkyl halides is 6. The minimum atomic E-state index is -5.70. The fourth-order valence-electron chi connectivity index (χ4n) is 2.48. The van der Waals surface area contributed by atoms with Gasteiger partial charge in [0.1, 0.15) is 0 Å². The Hall–Kier alpha value is -1.82. The Morgan fingerprint density at radius 3 is 0.907 bits per heavy atom. The van der Waals surface area contributed by atoms with Crippen LogP contribution in [-0.2, 0) is 66.1 Å². The van der Waals surface area contributed by atoms with Gasteiger partial charge in [0.2, 0.25) is 0 Å². The number of halogens is 6. The van der Waals surface area contributed by atoms with Crippen LogP contribution in [0, 0.1) is 0 Å². The molecular formula is C22H38BF6O14-. The molecule has 0 radical (unpaired) electrons. The van der Waals surface area contributed by atoms with Gasteiger partial charge >= 0.3 is 31.2 Å². The van der Waals surface area contributed by atoms with E-state index >= 15 is 0 Å². The van der Waals surface area contributed by atoms with E-state index in [1.165, 1.54) is 14.2 Å². The van der Waals surface area contributed by atoms with E-state index in [1.807, 2.05) is 0 Å². The van der Waals surface area contributed by atoms with Crippen LogP contribution in [0.2, 0.25) is 0 Å². The summed E-state index contributed by atoms with van der Waals surface area (Å²) in [6, 6.07) is 0. The molecule has 0 aromatic rings. The second-order valence-electron chi connectivity index (χ2n) is 7.78. The molecule has 0 spiro atoms. The molecule has 0 atom stereocenters. The molecule has 0 amide bonds. The van der Waals surface area contributed by atoms with Crippen LogP contribution in [0.4, 0.5) is 26.3 Å². The van der Waals surface area contributed by atoms with Gasteiger partial charge in [-0.15, -0.1) is 0 Å². The van der Waals surface area contributed by atoms with E-state index in [9.17, 15) is 35.9 Å². The molecule has 14 nitrogen and oxygen atoms in total. The summed E-state index contributed by atoms with van der Waals surface area (Å²) >= 11 is 0. The largest absolute Gasteiger partial charge is 0.656 e. The maximum atomic E-state index is 12.9. The van der Waals surface area contributed by atoms with Gasteiger partial charge in [0.15, 0.2) is 0 Å². The first kappa shape index (κ1) is 41.2. The third-order valence-electron chi connectivity index (χ3n) is 4.42. The van der Waals surface area contributed by atoms with Crippen LogP contribution in [0.5, 0.6) is 0 Å². The molecule has 0 aliphatic heterocycles. The van der Waals surface area contributed by atoms with Gasteiger partial charge in [0, 0.05) is 27.4 Å². The van der Waals surface area contributed by atoms with Crippen molar-refractivity contribution < 1.29 is 92.4 Å². The monoisotopic (exact) mass is 651 g/mol. The van der Waals surface area contributed by atoms with Crippen molar-refractivity contribution in [2.75, 3.05) is 120 Å². The summed E-state index contributed by atoms with van der Waals surface area (Å²) in [4.78, 5) is 22.9. The summed E-state index contributed by atoms with van der Waals surface area (Å²) in [6.07, 6.45) is -11.4. The van der Waals surface area contributed by atoms with Crippen LogP contribution in [0.15, 0.2) is 0 Å². The summed E-state index contributed by atoms with van der Waals surface area (Å²) in [5, 5.41) is 0. The highest BCUT2D eigenvalue weighted by Crippen LogP contribution is 2.25. The number of carbonyl (C=O) groups is 2. The topological polar surface area (TPSA) is 145 Å². The van der Waals surface area contributed by atoms with Crippen molar-refractivity contribution >= 4 is 18.9 Å². The summed E-state index contributed by atoms with van der Waals surface area (Å²) in [7, 11) is 3.02. The standard InChI is InChI=1S/C22H38BF6O14/c1-32-3-5-34-7-9-36-11-13-38-15-17-40-23(42-19(30)21(24,25)26,43-20(31)22(27,28)29)41-18-16-39-14-12-37-10-8-35-6-4-33-2/h3-18H2,1-2H3/q-1. The molecule has 0 rings (SSSR count). The molecule has 0 N–H and O–H groups in total. The molecule has 0 aromatic heterocycles. The van der Waals surface area contributed by atoms with E-state index in [4.69, 9.17) is 47.2 Å². The van der Waals surface area contributed by atoms with Crippen LogP contribution in [-0.4, -0.2) is 151 Å². The SMILES string of the molecule is COCCOCCOCCOCCO[B-](OCCOCCOCCOCCOC)(OC(=O)C(F)(F)F)OC(=O)C(F)(F)F. The molecular weight excluding hydrogens is 613 g/mol. The molecule has 0 unspecified atom stereocenters. The molecule has 256 valence electrons. The van der Waals surface area contributed by atoms with Gasteiger partial charge < -0.3 is 56.5 Å². The van der Waals surface area contributed by atoms with Gasteiger partial charge in [0.05, 0.1) is 92.5 Å². The van der Waals surface area contributed by atoms with E-state index in [1.54, 1.807) is 0 Å². The Bertz CT molecular complexity index is 659. The van der Waals surface area contributed by atoms with Crippen LogP contribution in [0.1, 0.15) is 0 Å². The first-order valence-corrected chi connectivity index (χ1v) is 12.8. The molecule has 0 heterocycles. The number of ether oxygens (including phenoxy) is 8. The average molecular weight is 651 g/mol. The molecule has 0 saturated carbocycles. The fraction of sp³-hybridized carbons (Fsp3) is 0.909. The van der Waals surface area contributed by atoms with Crippen molar-refractivity contribution in [1.29, 1.82) is 0 Å². The lowest BCUT2D eigenvalue weighted by atomic mass is 10.0. The Morgan fingerprint density at radius 2 is 0.674 bits per heavy atom. The predicted octanol–water partition coefficient (Wildman–Crippen LogP) is 1.06. The normalized spacial score (nSPS) is 12.5. The molecule has 0 bridgehead atoms. The summed E-state index contributed by atoms with van der Waals surface area (Å²) in [6.45, 7) is -4.83. The van der Waals surface area contributed by atoms with Crippen LogP contribution >= 0.6 is 0 Å². The number of carbonyl (C=O) groups excluding carboxylic acids is 2. The molecule has 0 fully saturated rings. The summed E-state index contributed by atoms with van der Waals surface area (Å²) in [5.41, 5.74) is 0. The Morgan fingerprint density at radius 1 is 0.442 bits per heavy atom. The Kier molecular flexibility index (Phi) is 23.5. The number of hydrogen-bond acceptors (Lipinski definition) is 14. The third kappa shape index (κ3) is 23.3. The van der Waals surface area contributed by atoms with Gasteiger partial charge in [0.25, 0.3) is 0 Å². The number of rotatable bonds is 28. The number of methoxy groups -OCH3 is 2. The maximum absolute atomic E-state index is 12.9. The quantitative estimate of drug-likeness (QED) is 0.0675. The maximum Gasteiger partial charge on any atom is 0.656 e. The van der Waals surface area contributed by atoms with Gasteiger partial charge in [-0.3, -0.25) is 0 Å². The minimum Gasteiger partial charge on any atom is -0.601 e. The lowest BCUT2D eigenvalue weighted by Gasteiger charge is -2.39.